The zero-order valence-corrected chi connectivity index (χ0v) is 14.6. The van der Waals surface area contributed by atoms with Crippen LogP contribution in [-0.2, 0) is 16.6 Å². The van der Waals surface area contributed by atoms with Gasteiger partial charge in [-0.2, -0.15) is 0 Å². The summed E-state index contributed by atoms with van der Waals surface area (Å²) in [6.07, 6.45) is 7.60. The molecule has 128 valence electrons. The first kappa shape index (κ1) is 16.5. The molecule has 1 N–H and O–H groups in total. The number of carbonyl (C=O) groups is 1. The Labute approximate surface area is 138 Å². The standard InChI is InChI=1S/C18H29N3O2/c1-18(2,3)15-12-19-17(23-15)7-6-16(22)20-13-8-10-21-9-4-5-14(21)11-13/h12-14H,4-11H2,1-3H3,(H,20,22)/t13-,14+/m1/s1. The number of carbonyl (C=O) groups excluding carboxylic acids is 1. The second-order valence-electron chi connectivity index (χ2n) is 7.99. The van der Waals surface area contributed by atoms with Crippen LogP contribution in [0.1, 0.15) is 64.5 Å². The molecular weight excluding hydrogens is 290 g/mol. The van der Waals surface area contributed by atoms with Gasteiger partial charge in [-0.25, -0.2) is 4.98 Å². The fourth-order valence-corrected chi connectivity index (χ4v) is 3.65. The summed E-state index contributed by atoms with van der Waals surface area (Å²) < 4.78 is 5.75. The molecule has 5 heteroatoms. The Morgan fingerprint density at radius 1 is 1.39 bits per heavy atom. The van der Waals surface area contributed by atoms with Gasteiger partial charge >= 0.3 is 0 Å². The molecule has 0 saturated carbocycles. The molecule has 2 aliphatic rings. The molecule has 1 aromatic rings. The van der Waals surface area contributed by atoms with Crippen LogP contribution >= 0.6 is 0 Å². The second kappa shape index (κ2) is 6.63. The summed E-state index contributed by atoms with van der Waals surface area (Å²) >= 11 is 0. The Morgan fingerprint density at radius 2 is 2.22 bits per heavy atom. The van der Waals surface area contributed by atoms with Crippen molar-refractivity contribution in [3.63, 3.8) is 0 Å². The molecule has 0 unspecified atom stereocenters. The number of rotatable bonds is 4. The number of aromatic nitrogens is 1. The molecule has 23 heavy (non-hydrogen) atoms. The third-order valence-corrected chi connectivity index (χ3v) is 5.04. The van der Waals surface area contributed by atoms with Crippen molar-refractivity contribution in [3.05, 3.63) is 17.8 Å². The molecule has 3 heterocycles. The lowest BCUT2D eigenvalue weighted by Crippen LogP contribution is -2.47. The molecular formula is C18H29N3O2. The number of hydrogen-bond donors (Lipinski definition) is 1. The van der Waals surface area contributed by atoms with E-state index in [1.54, 1.807) is 6.20 Å². The normalized spacial score (nSPS) is 25.3. The highest BCUT2D eigenvalue weighted by atomic mass is 16.4. The van der Waals surface area contributed by atoms with Gasteiger partial charge in [0.05, 0.1) is 6.20 Å². The van der Waals surface area contributed by atoms with Gasteiger partial charge in [-0.3, -0.25) is 4.79 Å². The smallest absolute Gasteiger partial charge is 0.220 e. The van der Waals surface area contributed by atoms with E-state index in [2.05, 4.69) is 36.0 Å². The summed E-state index contributed by atoms with van der Waals surface area (Å²) in [6, 6.07) is 1.03. The van der Waals surface area contributed by atoms with Crippen molar-refractivity contribution in [2.75, 3.05) is 13.1 Å². The van der Waals surface area contributed by atoms with E-state index in [9.17, 15) is 4.79 Å². The summed E-state index contributed by atoms with van der Waals surface area (Å²) in [4.78, 5) is 19.1. The molecule has 0 bridgehead atoms. The van der Waals surface area contributed by atoms with Gasteiger partial charge < -0.3 is 14.6 Å². The van der Waals surface area contributed by atoms with Crippen LogP contribution in [0.2, 0.25) is 0 Å². The first-order valence-corrected chi connectivity index (χ1v) is 8.90. The van der Waals surface area contributed by atoms with Gasteiger partial charge in [-0.05, 0) is 32.2 Å². The monoisotopic (exact) mass is 319 g/mol. The molecule has 2 aliphatic heterocycles. The van der Waals surface area contributed by atoms with E-state index in [-0.39, 0.29) is 11.3 Å². The summed E-state index contributed by atoms with van der Waals surface area (Å²) in [5.41, 5.74) is -0.0389. The minimum absolute atomic E-state index is 0.0389. The lowest BCUT2D eigenvalue weighted by atomic mass is 9.94. The van der Waals surface area contributed by atoms with Crippen molar-refractivity contribution in [1.29, 1.82) is 0 Å². The Kier molecular flexibility index (Phi) is 4.76. The predicted molar refractivity (Wildman–Crippen MR) is 89.3 cm³/mol. The van der Waals surface area contributed by atoms with Crippen LogP contribution in [0.25, 0.3) is 0 Å². The molecule has 2 saturated heterocycles. The lowest BCUT2D eigenvalue weighted by molar-refractivity contribution is -0.122. The zero-order valence-electron chi connectivity index (χ0n) is 14.6. The Balaban J connectivity index is 1.44. The number of nitrogens with zero attached hydrogens (tertiary/aromatic N) is 2. The SMILES string of the molecule is CC(C)(C)c1cnc(CCC(=O)N[C@@H]2CCN3CCC[C@H]3C2)o1. The van der Waals surface area contributed by atoms with Gasteiger partial charge in [-0.15, -0.1) is 0 Å². The Morgan fingerprint density at radius 3 is 2.96 bits per heavy atom. The van der Waals surface area contributed by atoms with Crippen molar-refractivity contribution in [3.8, 4) is 0 Å². The third kappa shape index (κ3) is 4.14. The molecule has 0 radical (unpaired) electrons. The summed E-state index contributed by atoms with van der Waals surface area (Å²) in [7, 11) is 0. The first-order chi connectivity index (χ1) is 10.9. The first-order valence-electron chi connectivity index (χ1n) is 8.90. The van der Waals surface area contributed by atoms with E-state index < -0.39 is 0 Å². The molecule has 0 aromatic carbocycles. The van der Waals surface area contributed by atoms with Crippen LogP contribution in [0.15, 0.2) is 10.6 Å². The Bertz CT molecular complexity index is 547. The number of hydrogen-bond acceptors (Lipinski definition) is 4. The number of piperidine rings is 1. The van der Waals surface area contributed by atoms with Crippen molar-refractivity contribution in [2.24, 2.45) is 0 Å². The quantitative estimate of drug-likeness (QED) is 0.927. The number of amides is 1. The highest BCUT2D eigenvalue weighted by molar-refractivity contribution is 5.76. The maximum atomic E-state index is 12.2. The molecule has 0 spiro atoms. The molecule has 5 nitrogen and oxygen atoms in total. The van der Waals surface area contributed by atoms with Crippen molar-refractivity contribution >= 4 is 5.91 Å². The Hall–Kier alpha value is -1.36. The van der Waals surface area contributed by atoms with Crippen molar-refractivity contribution in [1.82, 2.24) is 15.2 Å². The minimum Gasteiger partial charge on any atom is -0.445 e. The third-order valence-electron chi connectivity index (χ3n) is 5.04. The van der Waals surface area contributed by atoms with Gasteiger partial charge in [0.25, 0.3) is 0 Å². The second-order valence-corrected chi connectivity index (χ2v) is 7.99. The molecule has 0 aliphatic carbocycles. The van der Waals surface area contributed by atoms with Gasteiger partial charge in [0.1, 0.15) is 5.76 Å². The number of aryl methyl sites for hydroxylation is 1. The van der Waals surface area contributed by atoms with Crippen LogP contribution < -0.4 is 5.32 Å². The van der Waals surface area contributed by atoms with Crippen molar-refractivity contribution < 1.29 is 9.21 Å². The number of nitrogens with one attached hydrogen (secondary N) is 1. The van der Waals surface area contributed by atoms with Crippen molar-refractivity contribution in [2.45, 2.75) is 76.8 Å². The maximum absolute atomic E-state index is 12.2. The van der Waals surface area contributed by atoms with Gasteiger partial charge in [0.2, 0.25) is 5.91 Å². The van der Waals surface area contributed by atoms with E-state index in [4.69, 9.17) is 4.42 Å². The van der Waals surface area contributed by atoms with E-state index in [0.29, 0.717) is 30.8 Å². The highest BCUT2D eigenvalue weighted by Crippen LogP contribution is 2.27. The fourth-order valence-electron chi connectivity index (χ4n) is 3.65. The average molecular weight is 319 g/mol. The van der Waals surface area contributed by atoms with E-state index in [0.717, 1.165) is 25.1 Å². The number of oxazole rings is 1. The summed E-state index contributed by atoms with van der Waals surface area (Å²) in [6.45, 7) is 8.66. The topological polar surface area (TPSA) is 58.4 Å². The zero-order chi connectivity index (χ0) is 16.4. The van der Waals surface area contributed by atoms with Crippen LogP contribution in [0.5, 0.6) is 0 Å². The van der Waals surface area contributed by atoms with Gasteiger partial charge in [-0.1, -0.05) is 20.8 Å². The lowest BCUT2D eigenvalue weighted by Gasteiger charge is -2.35. The van der Waals surface area contributed by atoms with Gasteiger partial charge in [0.15, 0.2) is 5.89 Å². The van der Waals surface area contributed by atoms with E-state index >= 15 is 0 Å². The van der Waals surface area contributed by atoms with E-state index in [1.807, 2.05) is 0 Å². The largest absolute Gasteiger partial charge is 0.445 e. The maximum Gasteiger partial charge on any atom is 0.220 e. The predicted octanol–water partition coefficient (Wildman–Crippen LogP) is 2.65. The van der Waals surface area contributed by atoms with Crippen LogP contribution in [0.3, 0.4) is 0 Å². The average Bonchev–Trinajstić information content (AvgIpc) is 3.13. The van der Waals surface area contributed by atoms with Crippen LogP contribution in [0, 0.1) is 0 Å². The molecule has 2 fully saturated rings. The van der Waals surface area contributed by atoms with E-state index in [1.165, 1.54) is 19.4 Å². The summed E-state index contributed by atoms with van der Waals surface area (Å²) in [5, 5.41) is 3.20. The van der Waals surface area contributed by atoms with Crippen LogP contribution in [-0.4, -0.2) is 41.0 Å². The minimum atomic E-state index is -0.0389. The van der Waals surface area contributed by atoms with Crippen LogP contribution in [0.4, 0.5) is 0 Å². The fraction of sp³-hybridized carbons (Fsp3) is 0.778. The van der Waals surface area contributed by atoms with Gasteiger partial charge in [0, 0.05) is 36.9 Å². The molecule has 1 aromatic heterocycles. The summed E-state index contributed by atoms with van der Waals surface area (Å²) in [5.74, 6) is 1.66. The number of fused-ring (bicyclic) bond motifs is 1. The molecule has 3 rings (SSSR count). The molecule has 1 amide bonds. The molecule has 2 atom stereocenters. The highest BCUT2D eigenvalue weighted by Gasteiger charge is 2.32.